The van der Waals surface area contributed by atoms with Crippen molar-refractivity contribution in [1.29, 1.82) is 0 Å². The van der Waals surface area contributed by atoms with Gasteiger partial charge in [0.25, 0.3) is 0 Å². The Bertz CT molecular complexity index is 537. The van der Waals surface area contributed by atoms with Crippen LogP contribution in [-0.2, 0) is 17.9 Å². The standard InChI is InChI=1S/C20H31N3OS/c24-20(13-19-16-25-12-9-21-19)22-14-17-7-3-4-8-18(17)15-23-10-5-1-2-6-11-23/h3-4,7-8,19,21H,1-2,5-6,9-16H2,(H,22,24). The first-order valence-corrected chi connectivity index (χ1v) is 10.8. The molecule has 1 atom stereocenters. The zero-order valence-electron chi connectivity index (χ0n) is 15.1. The molecular formula is C20H31N3OS. The Morgan fingerprint density at radius 2 is 1.92 bits per heavy atom. The molecule has 0 spiro atoms. The highest BCUT2D eigenvalue weighted by molar-refractivity contribution is 7.99. The van der Waals surface area contributed by atoms with Crippen molar-refractivity contribution in [1.82, 2.24) is 15.5 Å². The third kappa shape index (κ3) is 6.32. The third-order valence-corrected chi connectivity index (χ3v) is 6.25. The van der Waals surface area contributed by atoms with E-state index in [2.05, 4.69) is 39.8 Å². The maximum absolute atomic E-state index is 12.3. The van der Waals surface area contributed by atoms with Crippen LogP contribution in [0, 0.1) is 0 Å². The Morgan fingerprint density at radius 3 is 2.64 bits per heavy atom. The smallest absolute Gasteiger partial charge is 0.221 e. The van der Waals surface area contributed by atoms with Gasteiger partial charge in [-0.3, -0.25) is 9.69 Å². The minimum Gasteiger partial charge on any atom is -0.352 e. The molecule has 2 saturated heterocycles. The predicted octanol–water partition coefficient (Wildman–Crippen LogP) is 2.77. The number of nitrogens with zero attached hydrogens (tertiary/aromatic N) is 1. The largest absolute Gasteiger partial charge is 0.352 e. The van der Waals surface area contributed by atoms with Crippen molar-refractivity contribution in [2.45, 2.75) is 51.2 Å². The predicted molar refractivity (Wildman–Crippen MR) is 106 cm³/mol. The van der Waals surface area contributed by atoms with Gasteiger partial charge in [0, 0.05) is 43.6 Å². The van der Waals surface area contributed by atoms with Crippen molar-refractivity contribution in [3.8, 4) is 0 Å². The van der Waals surface area contributed by atoms with Crippen molar-refractivity contribution in [2.24, 2.45) is 0 Å². The van der Waals surface area contributed by atoms with Crippen molar-refractivity contribution in [2.75, 3.05) is 31.1 Å². The van der Waals surface area contributed by atoms with Crippen molar-refractivity contribution in [3.63, 3.8) is 0 Å². The Hall–Kier alpha value is -1.04. The molecule has 1 aromatic carbocycles. The molecule has 138 valence electrons. The van der Waals surface area contributed by atoms with Crippen LogP contribution in [0.5, 0.6) is 0 Å². The summed E-state index contributed by atoms with van der Waals surface area (Å²) in [6, 6.07) is 8.88. The summed E-state index contributed by atoms with van der Waals surface area (Å²) in [5.41, 5.74) is 2.61. The van der Waals surface area contributed by atoms with Crippen molar-refractivity contribution >= 4 is 17.7 Å². The molecule has 2 N–H and O–H groups in total. The number of hydrogen-bond acceptors (Lipinski definition) is 4. The molecule has 3 rings (SSSR count). The molecule has 25 heavy (non-hydrogen) atoms. The van der Waals surface area contributed by atoms with E-state index in [-0.39, 0.29) is 5.91 Å². The molecule has 0 aliphatic carbocycles. The Balaban J connectivity index is 1.50. The summed E-state index contributed by atoms with van der Waals surface area (Å²) in [6.45, 7) is 5.06. The van der Waals surface area contributed by atoms with E-state index in [4.69, 9.17) is 0 Å². The van der Waals surface area contributed by atoms with Gasteiger partial charge in [0.05, 0.1) is 0 Å². The fraction of sp³-hybridized carbons (Fsp3) is 0.650. The van der Waals surface area contributed by atoms with Gasteiger partial charge in [0.15, 0.2) is 0 Å². The number of carbonyl (C=O) groups excluding carboxylic acids is 1. The van der Waals surface area contributed by atoms with Crippen LogP contribution < -0.4 is 10.6 Å². The van der Waals surface area contributed by atoms with Gasteiger partial charge < -0.3 is 10.6 Å². The fourth-order valence-corrected chi connectivity index (χ4v) is 4.61. The summed E-state index contributed by atoms with van der Waals surface area (Å²) >= 11 is 1.94. The molecule has 5 heteroatoms. The molecule has 0 radical (unpaired) electrons. The number of carbonyl (C=O) groups is 1. The SMILES string of the molecule is O=C(CC1CSCCN1)NCc1ccccc1CN1CCCCCC1. The molecule has 0 aromatic heterocycles. The second-order valence-corrected chi connectivity index (χ2v) is 8.32. The number of thioether (sulfide) groups is 1. The van der Waals surface area contributed by atoms with E-state index in [9.17, 15) is 4.79 Å². The van der Waals surface area contributed by atoms with Crippen LogP contribution in [0.4, 0.5) is 0 Å². The molecular weight excluding hydrogens is 330 g/mol. The maximum Gasteiger partial charge on any atom is 0.221 e. The number of hydrogen-bond donors (Lipinski definition) is 2. The van der Waals surface area contributed by atoms with E-state index in [1.54, 1.807) is 0 Å². The molecule has 4 nitrogen and oxygen atoms in total. The van der Waals surface area contributed by atoms with Crippen LogP contribution >= 0.6 is 11.8 Å². The van der Waals surface area contributed by atoms with Gasteiger partial charge in [-0.2, -0.15) is 11.8 Å². The quantitative estimate of drug-likeness (QED) is 0.818. The van der Waals surface area contributed by atoms with Gasteiger partial charge in [0.2, 0.25) is 5.91 Å². The van der Waals surface area contributed by atoms with Crippen LogP contribution in [0.1, 0.15) is 43.2 Å². The number of amides is 1. The molecule has 0 bridgehead atoms. The van der Waals surface area contributed by atoms with Crippen molar-refractivity contribution in [3.05, 3.63) is 35.4 Å². The minimum absolute atomic E-state index is 0.157. The molecule has 2 aliphatic rings. The lowest BCUT2D eigenvalue weighted by atomic mass is 10.1. The molecule has 2 heterocycles. The van der Waals surface area contributed by atoms with Gasteiger partial charge >= 0.3 is 0 Å². The fourth-order valence-electron chi connectivity index (χ4n) is 3.66. The normalized spacial score (nSPS) is 22.3. The summed E-state index contributed by atoms with van der Waals surface area (Å²) in [4.78, 5) is 14.8. The summed E-state index contributed by atoms with van der Waals surface area (Å²) in [7, 11) is 0. The van der Waals surface area contributed by atoms with Crippen LogP contribution in [0.25, 0.3) is 0 Å². The van der Waals surface area contributed by atoms with Crippen LogP contribution in [-0.4, -0.2) is 48.0 Å². The monoisotopic (exact) mass is 361 g/mol. The van der Waals surface area contributed by atoms with E-state index in [1.165, 1.54) is 49.9 Å². The van der Waals surface area contributed by atoms with E-state index in [0.717, 1.165) is 24.6 Å². The zero-order valence-corrected chi connectivity index (χ0v) is 16.0. The van der Waals surface area contributed by atoms with E-state index in [0.29, 0.717) is 19.0 Å². The second-order valence-electron chi connectivity index (χ2n) is 7.17. The molecule has 2 fully saturated rings. The maximum atomic E-state index is 12.3. The van der Waals surface area contributed by atoms with Crippen LogP contribution in [0.15, 0.2) is 24.3 Å². The first-order chi connectivity index (χ1) is 12.3. The third-order valence-electron chi connectivity index (χ3n) is 5.12. The average molecular weight is 362 g/mol. The number of nitrogens with one attached hydrogen (secondary N) is 2. The van der Waals surface area contributed by atoms with E-state index in [1.807, 2.05) is 11.8 Å². The highest BCUT2D eigenvalue weighted by Gasteiger charge is 2.17. The lowest BCUT2D eigenvalue weighted by Crippen LogP contribution is -2.41. The number of rotatable bonds is 6. The molecule has 1 amide bonds. The number of benzene rings is 1. The number of likely N-dealkylation sites (tertiary alicyclic amines) is 1. The van der Waals surface area contributed by atoms with Gasteiger partial charge in [-0.25, -0.2) is 0 Å². The van der Waals surface area contributed by atoms with Gasteiger partial charge in [-0.15, -0.1) is 0 Å². The second kappa shape index (κ2) is 10.2. The topological polar surface area (TPSA) is 44.4 Å². The van der Waals surface area contributed by atoms with E-state index >= 15 is 0 Å². The van der Waals surface area contributed by atoms with Crippen LogP contribution in [0.3, 0.4) is 0 Å². The lowest BCUT2D eigenvalue weighted by molar-refractivity contribution is -0.121. The van der Waals surface area contributed by atoms with Gasteiger partial charge in [-0.05, 0) is 37.1 Å². The summed E-state index contributed by atoms with van der Waals surface area (Å²) in [5.74, 6) is 2.35. The first-order valence-electron chi connectivity index (χ1n) is 9.68. The van der Waals surface area contributed by atoms with Crippen LogP contribution in [0.2, 0.25) is 0 Å². The highest BCUT2D eigenvalue weighted by Crippen LogP contribution is 2.16. The van der Waals surface area contributed by atoms with E-state index < -0.39 is 0 Å². The Labute approximate surface area is 156 Å². The molecule has 1 unspecified atom stereocenters. The summed E-state index contributed by atoms with van der Waals surface area (Å²) < 4.78 is 0. The molecule has 1 aromatic rings. The van der Waals surface area contributed by atoms with Crippen molar-refractivity contribution < 1.29 is 4.79 Å². The average Bonchev–Trinajstić information content (AvgIpc) is 2.90. The lowest BCUT2D eigenvalue weighted by Gasteiger charge is -2.23. The molecule has 0 saturated carbocycles. The Morgan fingerprint density at radius 1 is 1.16 bits per heavy atom. The molecule has 2 aliphatic heterocycles. The highest BCUT2D eigenvalue weighted by atomic mass is 32.2. The first kappa shape index (κ1) is 18.7. The Kier molecular flexibility index (Phi) is 7.64. The summed E-state index contributed by atoms with van der Waals surface area (Å²) in [6.07, 6.45) is 5.93. The minimum atomic E-state index is 0.157. The van der Waals surface area contributed by atoms with Gasteiger partial charge in [0.1, 0.15) is 0 Å². The zero-order chi connectivity index (χ0) is 17.3. The van der Waals surface area contributed by atoms with Gasteiger partial charge in [-0.1, -0.05) is 37.1 Å². The summed E-state index contributed by atoms with van der Waals surface area (Å²) in [5, 5.41) is 6.56.